The zero-order valence-electron chi connectivity index (χ0n) is 11.4. The molecule has 0 aliphatic carbocycles. The second-order valence-corrected chi connectivity index (χ2v) is 6.10. The van der Waals surface area contributed by atoms with Gasteiger partial charge in [0.25, 0.3) is 0 Å². The van der Waals surface area contributed by atoms with E-state index in [0.29, 0.717) is 12.8 Å². The summed E-state index contributed by atoms with van der Waals surface area (Å²) in [5, 5.41) is 14.2. The zero-order valence-corrected chi connectivity index (χ0v) is 12.2. The van der Waals surface area contributed by atoms with Crippen molar-refractivity contribution in [3.05, 3.63) is 0 Å². The van der Waals surface area contributed by atoms with E-state index in [2.05, 4.69) is 15.2 Å². The van der Waals surface area contributed by atoms with Crippen LogP contribution in [-0.4, -0.2) is 44.7 Å². The van der Waals surface area contributed by atoms with E-state index in [1.165, 1.54) is 7.05 Å². The summed E-state index contributed by atoms with van der Waals surface area (Å²) < 4.78 is 24.6. The van der Waals surface area contributed by atoms with Crippen LogP contribution < -0.4 is 15.8 Å². The molecule has 8 nitrogen and oxygen atoms in total. The van der Waals surface area contributed by atoms with Gasteiger partial charge in [-0.3, -0.25) is 4.79 Å². The maximum atomic E-state index is 12.1. The molecule has 112 valence electrons. The minimum atomic E-state index is -3.38. The van der Waals surface area contributed by atoms with E-state index in [4.69, 9.17) is 10.9 Å². The van der Waals surface area contributed by atoms with Crippen molar-refractivity contribution in [2.45, 2.75) is 26.7 Å². The lowest BCUT2D eigenvalue weighted by molar-refractivity contribution is -0.127. The molecule has 0 spiro atoms. The average Bonchev–Trinajstić information content (AvgIpc) is 2.40. The third-order valence-corrected chi connectivity index (χ3v) is 4.57. The Morgan fingerprint density at radius 1 is 1.37 bits per heavy atom. The van der Waals surface area contributed by atoms with Gasteiger partial charge in [0.1, 0.15) is 5.41 Å². The number of nitrogens with two attached hydrogens (primary N) is 1. The standard InChI is InChI=1S/C10H22N4O4S/c1-4-10(5-2,8(11)14-16)9(15)13-6-7-19(17,18)12-3/h12,16H,4-7H2,1-3H3,(H2,11,14)(H,13,15). The quantitative estimate of drug-likeness (QED) is 0.201. The van der Waals surface area contributed by atoms with Crippen molar-refractivity contribution in [3.8, 4) is 0 Å². The number of hydrogen-bond acceptors (Lipinski definition) is 5. The van der Waals surface area contributed by atoms with Crippen molar-refractivity contribution in [1.82, 2.24) is 10.0 Å². The molecule has 0 bridgehead atoms. The van der Waals surface area contributed by atoms with E-state index in [9.17, 15) is 13.2 Å². The van der Waals surface area contributed by atoms with Gasteiger partial charge in [-0.2, -0.15) is 0 Å². The monoisotopic (exact) mass is 294 g/mol. The second-order valence-electron chi connectivity index (χ2n) is 4.05. The number of amides is 1. The number of sulfonamides is 1. The number of carbonyl (C=O) groups excluding carboxylic acids is 1. The molecular weight excluding hydrogens is 272 g/mol. The van der Waals surface area contributed by atoms with E-state index in [-0.39, 0.29) is 18.1 Å². The third-order valence-electron chi connectivity index (χ3n) is 3.21. The van der Waals surface area contributed by atoms with E-state index in [0.717, 1.165) is 0 Å². The topological polar surface area (TPSA) is 134 Å². The number of nitrogens with one attached hydrogen (secondary N) is 2. The summed E-state index contributed by atoms with van der Waals surface area (Å²) >= 11 is 0. The van der Waals surface area contributed by atoms with Crippen LogP contribution in [0.15, 0.2) is 5.16 Å². The Labute approximate surface area is 113 Å². The van der Waals surface area contributed by atoms with Gasteiger partial charge in [-0.25, -0.2) is 13.1 Å². The van der Waals surface area contributed by atoms with Gasteiger partial charge in [-0.05, 0) is 19.9 Å². The Morgan fingerprint density at radius 2 is 1.89 bits per heavy atom. The molecule has 0 aliphatic heterocycles. The molecule has 0 heterocycles. The highest BCUT2D eigenvalue weighted by atomic mass is 32.2. The molecule has 0 saturated heterocycles. The molecule has 0 aliphatic rings. The van der Waals surface area contributed by atoms with E-state index < -0.39 is 21.3 Å². The van der Waals surface area contributed by atoms with Crippen LogP contribution in [0.4, 0.5) is 0 Å². The molecule has 0 aromatic carbocycles. The Hall–Kier alpha value is -1.35. The molecule has 0 atom stereocenters. The molecule has 0 aromatic rings. The maximum absolute atomic E-state index is 12.1. The van der Waals surface area contributed by atoms with Crippen LogP contribution >= 0.6 is 0 Å². The fourth-order valence-corrected chi connectivity index (χ4v) is 2.29. The van der Waals surface area contributed by atoms with Crippen LogP contribution in [0.5, 0.6) is 0 Å². The van der Waals surface area contributed by atoms with E-state index in [1.807, 2.05) is 0 Å². The Morgan fingerprint density at radius 3 is 2.26 bits per heavy atom. The SMILES string of the molecule is CCC(CC)(C(=O)NCCS(=O)(=O)NC)C(N)=NO. The van der Waals surface area contributed by atoms with Crippen LogP contribution in [-0.2, 0) is 14.8 Å². The van der Waals surface area contributed by atoms with Crippen molar-refractivity contribution >= 4 is 21.8 Å². The fraction of sp³-hybridized carbons (Fsp3) is 0.800. The van der Waals surface area contributed by atoms with Gasteiger partial charge < -0.3 is 16.3 Å². The van der Waals surface area contributed by atoms with Crippen molar-refractivity contribution in [2.75, 3.05) is 19.3 Å². The predicted molar refractivity (Wildman–Crippen MR) is 72.3 cm³/mol. The molecule has 9 heteroatoms. The first-order chi connectivity index (χ1) is 8.79. The van der Waals surface area contributed by atoms with Crippen LogP contribution in [0.2, 0.25) is 0 Å². The summed E-state index contributed by atoms with van der Waals surface area (Å²) in [6.07, 6.45) is 0.702. The lowest BCUT2D eigenvalue weighted by atomic mass is 9.80. The number of carbonyl (C=O) groups is 1. The van der Waals surface area contributed by atoms with Gasteiger partial charge in [0.05, 0.1) is 5.75 Å². The third kappa shape index (κ3) is 4.35. The number of hydrogen-bond donors (Lipinski definition) is 4. The first-order valence-corrected chi connectivity index (χ1v) is 7.62. The largest absolute Gasteiger partial charge is 0.409 e. The van der Waals surface area contributed by atoms with Gasteiger partial charge in [-0.1, -0.05) is 19.0 Å². The molecule has 0 aromatic heterocycles. The van der Waals surface area contributed by atoms with Gasteiger partial charge in [0.2, 0.25) is 15.9 Å². The first-order valence-electron chi connectivity index (χ1n) is 5.97. The summed E-state index contributed by atoms with van der Waals surface area (Å²) in [7, 11) is -2.07. The second kappa shape index (κ2) is 7.29. The normalized spacial score (nSPS) is 13.3. The van der Waals surface area contributed by atoms with Crippen LogP contribution in [0.3, 0.4) is 0 Å². The smallest absolute Gasteiger partial charge is 0.233 e. The average molecular weight is 294 g/mol. The number of nitrogens with zero attached hydrogens (tertiary/aromatic N) is 1. The Kier molecular flexibility index (Phi) is 6.77. The van der Waals surface area contributed by atoms with Crippen molar-refractivity contribution in [3.63, 3.8) is 0 Å². The minimum Gasteiger partial charge on any atom is -0.409 e. The fourth-order valence-electron chi connectivity index (χ4n) is 1.72. The highest BCUT2D eigenvalue weighted by Crippen LogP contribution is 2.26. The molecule has 5 N–H and O–H groups in total. The summed E-state index contributed by atoms with van der Waals surface area (Å²) in [6, 6.07) is 0. The number of amidine groups is 1. The van der Waals surface area contributed by atoms with Crippen molar-refractivity contribution in [2.24, 2.45) is 16.3 Å². The minimum absolute atomic E-state index is 0.0392. The molecule has 0 saturated carbocycles. The highest BCUT2D eigenvalue weighted by molar-refractivity contribution is 7.89. The lowest BCUT2D eigenvalue weighted by Gasteiger charge is -2.28. The molecule has 0 fully saturated rings. The lowest BCUT2D eigenvalue weighted by Crippen LogP contribution is -2.50. The number of rotatable bonds is 8. The predicted octanol–water partition coefficient (Wildman–Crippen LogP) is -0.795. The highest BCUT2D eigenvalue weighted by Gasteiger charge is 2.39. The van der Waals surface area contributed by atoms with Crippen LogP contribution in [0.25, 0.3) is 0 Å². The van der Waals surface area contributed by atoms with Crippen molar-refractivity contribution in [1.29, 1.82) is 0 Å². The Balaban J connectivity index is 4.78. The molecule has 0 unspecified atom stereocenters. The number of oxime groups is 1. The van der Waals surface area contributed by atoms with Gasteiger partial charge >= 0.3 is 0 Å². The van der Waals surface area contributed by atoms with Crippen LogP contribution in [0, 0.1) is 5.41 Å². The molecule has 19 heavy (non-hydrogen) atoms. The van der Waals surface area contributed by atoms with Gasteiger partial charge in [0, 0.05) is 6.54 Å². The maximum Gasteiger partial charge on any atom is 0.233 e. The molecule has 1 amide bonds. The molecule has 0 rings (SSSR count). The van der Waals surface area contributed by atoms with Crippen LogP contribution in [0.1, 0.15) is 26.7 Å². The Bertz CT molecular complexity index is 429. The van der Waals surface area contributed by atoms with Gasteiger partial charge in [0.15, 0.2) is 5.84 Å². The summed E-state index contributed by atoms with van der Waals surface area (Å²) in [4.78, 5) is 12.1. The van der Waals surface area contributed by atoms with E-state index in [1.54, 1.807) is 13.8 Å². The van der Waals surface area contributed by atoms with Crippen molar-refractivity contribution < 1.29 is 18.4 Å². The molecular formula is C10H22N4O4S. The zero-order chi connectivity index (χ0) is 15.1. The summed E-state index contributed by atoms with van der Waals surface area (Å²) in [6.45, 7) is 3.44. The van der Waals surface area contributed by atoms with E-state index >= 15 is 0 Å². The van der Waals surface area contributed by atoms with Gasteiger partial charge in [-0.15, -0.1) is 0 Å². The first kappa shape index (κ1) is 17.6. The molecule has 0 radical (unpaired) electrons. The summed E-state index contributed by atoms with van der Waals surface area (Å²) in [5.41, 5.74) is 4.45. The summed E-state index contributed by atoms with van der Waals surface area (Å²) in [5.74, 6) is -0.847.